The molecule has 7 nitrogen and oxygen atoms in total. The highest BCUT2D eigenvalue weighted by atomic mass is 16.4. The molecule has 0 aliphatic rings. The second-order valence-corrected chi connectivity index (χ2v) is 3.93. The van der Waals surface area contributed by atoms with E-state index in [1.165, 1.54) is 6.07 Å². The minimum absolute atomic E-state index is 0.197. The Kier molecular flexibility index (Phi) is 3.42. The van der Waals surface area contributed by atoms with Gasteiger partial charge in [0.05, 0.1) is 13.1 Å². The number of hydrogen-bond donors (Lipinski definition) is 2. The normalized spacial score (nSPS) is 10.8. The minimum Gasteiger partial charge on any atom is -0.478 e. The highest BCUT2D eigenvalue weighted by Crippen LogP contribution is 2.14. The first kappa shape index (κ1) is 12.3. The summed E-state index contributed by atoms with van der Waals surface area (Å²) >= 11 is 0. The van der Waals surface area contributed by atoms with Gasteiger partial charge in [-0.2, -0.15) is 5.10 Å². The zero-order valence-electron chi connectivity index (χ0n) is 10.2. The van der Waals surface area contributed by atoms with Crippen LogP contribution in [0.5, 0.6) is 0 Å². The maximum atomic E-state index is 10.8. The van der Waals surface area contributed by atoms with E-state index in [4.69, 9.17) is 9.52 Å². The van der Waals surface area contributed by atoms with Crippen molar-refractivity contribution in [1.82, 2.24) is 20.1 Å². The van der Waals surface area contributed by atoms with Gasteiger partial charge in [0.15, 0.2) is 5.82 Å². The van der Waals surface area contributed by atoms with Crippen LogP contribution < -0.4 is 5.32 Å². The molecule has 0 saturated carbocycles. The van der Waals surface area contributed by atoms with Gasteiger partial charge in [-0.3, -0.25) is 4.68 Å². The predicted molar refractivity (Wildman–Crippen MR) is 62.0 cm³/mol. The van der Waals surface area contributed by atoms with E-state index in [0.29, 0.717) is 30.4 Å². The number of rotatable bonds is 5. The lowest BCUT2D eigenvalue weighted by Gasteiger charge is -1.98. The average Bonchev–Trinajstić information content (AvgIpc) is 2.85. The molecule has 2 heterocycles. The molecule has 2 aromatic rings. The van der Waals surface area contributed by atoms with Crippen LogP contribution in [-0.2, 0) is 20.1 Å². The van der Waals surface area contributed by atoms with Crippen LogP contribution in [-0.4, -0.2) is 25.8 Å². The molecule has 0 unspecified atom stereocenters. The molecule has 0 fully saturated rings. The smallest absolute Gasteiger partial charge is 0.339 e. The van der Waals surface area contributed by atoms with Gasteiger partial charge >= 0.3 is 5.97 Å². The predicted octanol–water partition coefficient (Wildman–Crippen LogP) is 0.705. The molecular formula is C11H14N4O3. The maximum absolute atomic E-state index is 10.8. The summed E-state index contributed by atoms with van der Waals surface area (Å²) in [6.45, 7) is 2.57. The average molecular weight is 250 g/mol. The van der Waals surface area contributed by atoms with Crippen LogP contribution in [0.4, 0.5) is 0 Å². The summed E-state index contributed by atoms with van der Waals surface area (Å²) < 4.78 is 6.95. The number of furan rings is 1. The number of carboxylic acid groups (broad SMARTS) is 1. The molecule has 2 aromatic heterocycles. The highest BCUT2D eigenvalue weighted by molar-refractivity contribution is 5.88. The summed E-state index contributed by atoms with van der Waals surface area (Å²) in [5.74, 6) is 0.698. The van der Waals surface area contributed by atoms with E-state index in [2.05, 4.69) is 15.4 Å². The van der Waals surface area contributed by atoms with E-state index in [-0.39, 0.29) is 5.56 Å². The number of carbonyl (C=O) groups is 1. The topological polar surface area (TPSA) is 93.2 Å². The molecule has 96 valence electrons. The van der Waals surface area contributed by atoms with Gasteiger partial charge in [-0.1, -0.05) is 0 Å². The SMILES string of the molecule is Cc1oc(CNCc2ncn(C)n2)cc1C(=O)O. The van der Waals surface area contributed by atoms with Gasteiger partial charge in [0.2, 0.25) is 0 Å². The van der Waals surface area contributed by atoms with Crippen LogP contribution in [0, 0.1) is 6.92 Å². The van der Waals surface area contributed by atoms with Gasteiger partial charge in [0.1, 0.15) is 23.4 Å². The van der Waals surface area contributed by atoms with Crippen LogP contribution in [0.3, 0.4) is 0 Å². The van der Waals surface area contributed by atoms with Gasteiger partial charge < -0.3 is 14.8 Å². The second kappa shape index (κ2) is 5.01. The first-order valence-electron chi connectivity index (χ1n) is 5.44. The van der Waals surface area contributed by atoms with Crippen molar-refractivity contribution in [3.63, 3.8) is 0 Å². The largest absolute Gasteiger partial charge is 0.478 e. The number of nitrogens with one attached hydrogen (secondary N) is 1. The standard InChI is InChI=1S/C11H14N4O3/c1-7-9(11(16)17)3-8(18-7)4-12-5-10-13-6-15(2)14-10/h3,6,12H,4-5H2,1-2H3,(H,16,17). The first-order valence-corrected chi connectivity index (χ1v) is 5.44. The molecule has 2 N–H and O–H groups in total. The van der Waals surface area contributed by atoms with E-state index < -0.39 is 5.97 Å². The lowest BCUT2D eigenvalue weighted by Crippen LogP contribution is -2.13. The molecule has 0 saturated heterocycles. The van der Waals surface area contributed by atoms with Crippen molar-refractivity contribution in [3.8, 4) is 0 Å². The van der Waals surface area contributed by atoms with Gasteiger partial charge in [-0.15, -0.1) is 0 Å². The molecule has 0 aliphatic heterocycles. The van der Waals surface area contributed by atoms with Crippen molar-refractivity contribution in [1.29, 1.82) is 0 Å². The maximum Gasteiger partial charge on any atom is 0.339 e. The van der Waals surface area contributed by atoms with Crippen molar-refractivity contribution >= 4 is 5.97 Å². The Bertz CT molecular complexity index is 558. The van der Waals surface area contributed by atoms with E-state index in [9.17, 15) is 4.79 Å². The van der Waals surface area contributed by atoms with Crippen molar-refractivity contribution in [2.45, 2.75) is 20.0 Å². The fourth-order valence-corrected chi connectivity index (χ4v) is 1.61. The monoisotopic (exact) mass is 250 g/mol. The number of aryl methyl sites for hydroxylation is 2. The number of aromatic nitrogens is 3. The summed E-state index contributed by atoms with van der Waals surface area (Å²) in [6, 6.07) is 1.52. The van der Waals surface area contributed by atoms with Crippen LogP contribution >= 0.6 is 0 Å². The number of nitrogens with zero attached hydrogens (tertiary/aromatic N) is 3. The molecule has 0 radical (unpaired) electrons. The lowest BCUT2D eigenvalue weighted by molar-refractivity contribution is 0.0695. The third-order valence-corrected chi connectivity index (χ3v) is 2.43. The van der Waals surface area contributed by atoms with Crippen molar-refractivity contribution in [3.05, 3.63) is 35.3 Å². The van der Waals surface area contributed by atoms with Crippen molar-refractivity contribution < 1.29 is 14.3 Å². The van der Waals surface area contributed by atoms with E-state index in [1.54, 1.807) is 25.0 Å². The first-order chi connectivity index (χ1) is 8.56. The molecule has 2 rings (SSSR count). The lowest BCUT2D eigenvalue weighted by atomic mass is 10.2. The Labute approximate surface area is 103 Å². The van der Waals surface area contributed by atoms with Gasteiger partial charge in [-0.25, -0.2) is 9.78 Å². The third kappa shape index (κ3) is 2.75. The number of aromatic carboxylic acids is 1. The summed E-state index contributed by atoms with van der Waals surface area (Å²) in [7, 11) is 1.80. The van der Waals surface area contributed by atoms with Crippen LogP contribution in [0.15, 0.2) is 16.8 Å². The molecule has 0 spiro atoms. The highest BCUT2D eigenvalue weighted by Gasteiger charge is 2.13. The minimum atomic E-state index is -0.978. The van der Waals surface area contributed by atoms with Gasteiger partial charge in [0.25, 0.3) is 0 Å². The van der Waals surface area contributed by atoms with Crippen LogP contribution in [0.2, 0.25) is 0 Å². The quantitative estimate of drug-likeness (QED) is 0.811. The molecule has 0 bridgehead atoms. The Hall–Kier alpha value is -2.15. The van der Waals surface area contributed by atoms with Crippen molar-refractivity contribution in [2.75, 3.05) is 0 Å². The van der Waals surface area contributed by atoms with Gasteiger partial charge in [0, 0.05) is 7.05 Å². The second-order valence-electron chi connectivity index (χ2n) is 3.93. The molecular weight excluding hydrogens is 236 g/mol. The zero-order chi connectivity index (χ0) is 13.1. The molecule has 18 heavy (non-hydrogen) atoms. The fraction of sp³-hybridized carbons (Fsp3) is 0.364. The molecule has 7 heteroatoms. The number of carboxylic acids is 1. The van der Waals surface area contributed by atoms with Gasteiger partial charge in [-0.05, 0) is 13.0 Å². The Morgan fingerprint density at radius 3 is 2.89 bits per heavy atom. The van der Waals surface area contributed by atoms with Crippen LogP contribution in [0.1, 0.15) is 27.7 Å². The summed E-state index contributed by atoms with van der Waals surface area (Å²) in [6.07, 6.45) is 1.62. The molecule has 0 aromatic carbocycles. The van der Waals surface area contributed by atoms with E-state index in [0.717, 1.165) is 0 Å². The molecule has 0 aliphatic carbocycles. The van der Waals surface area contributed by atoms with E-state index >= 15 is 0 Å². The zero-order valence-corrected chi connectivity index (χ0v) is 10.2. The summed E-state index contributed by atoms with van der Waals surface area (Å²) in [4.78, 5) is 14.9. The summed E-state index contributed by atoms with van der Waals surface area (Å²) in [5, 5.41) is 16.1. The Morgan fingerprint density at radius 1 is 1.56 bits per heavy atom. The summed E-state index contributed by atoms with van der Waals surface area (Å²) in [5.41, 5.74) is 0.197. The van der Waals surface area contributed by atoms with Crippen molar-refractivity contribution in [2.24, 2.45) is 7.05 Å². The molecule has 0 amide bonds. The van der Waals surface area contributed by atoms with Crippen LogP contribution in [0.25, 0.3) is 0 Å². The fourth-order valence-electron chi connectivity index (χ4n) is 1.61. The number of hydrogen-bond acceptors (Lipinski definition) is 5. The molecule has 0 atom stereocenters. The Morgan fingerprint density at radius 2 is 2.33 bits per heavy atom. The van der Waals surface area contributed by atoms with E-state index in [1.807, 2.05) is 0 Å². The Balaban J connectivity index is 1.90. The third-order valence-electron chi connectivity index (χ3n) is 2.43.